The van der Waals surface area contributed by atoms with Crippen LogP contribution in [-0.4, -0.2) is 54.7 Å². The Balaban J connectivity index is 1.57. The van der Waals surface area contributed by atoms with Gasteiger partial charge in [-0.2, -0.15) is 4.31 Å². The molecule has 2 aliphatic heterocycles. The molecule has 2 aliphatic rings. The summed E-state index contributed by atoms with van der Waals surface area (Å²) in [5.41, 5.74) is 1.32. The summed E-state index contributed by atoms with van der Waals surface area (Å²) in [4.78, 5) is 18.2. The Labute approximate surface area is 166 Å². The van der Waals surface area contributed by atoms with Crippen LogP contribution in [0.15, 0.2) is 29.2 Å². The number of aromatic nitrogens is 1. The van der Waals surface area contributed by atoms with Crippen LogP contribution in [-0.2, 0) is 10.0 Å². The molecular formula is C21H29N3O3S. The third-order valence-electron chi connectivity index (χ3n) is 6.27. The number of likely N-dealkylation sites (tertiary alicyclic amines) is 1. The molecule has 0 radical (unpaired) electrons. The summed E-state index contributed by atoms with van der Waals surface area (Å²) in [5, 5.41) is 0.764. The van der Waals surface area contributed by atoms with Crippen molar-refractivity contribution < 1.29 is 13.2 Å². The largest absolute Gasteiger partial charge is 0.351 e. The summed E-state index contributed by atoms with van der Waals surface area (Å²) in [5.74, 6) is 1.24. The number of carbonyl (C=O) groups is 1. The minimum absolute atomic E-state index is 0.00229. The molecule has 1 aromatic carbocycles. The van der Waals surface area contributed by atoms with Gasteiger partial charge in [-0.05, 0) is 61.8 Å². The fourth-order valence-corrected chi connectivity index (χ4v) is 5.65. The van der Waals surface area contributed by atoms with Crippen LogP contribution in [0.25, 0.3) is 10.9 Å². The normalized spacial score (nSPS) is 20.7. The molecule has 0 aliphatic carbocycles. The molecule has 0 atom stereocenters. The Bertz CT molecular complexity index is 966. The van der Waals surface area contributed by atoms with Crippen LogP contribution >= 0.6 is 0 Å². The van der Waals surface area contributed by atoms with Gasteiger partial charge in [-0.1, -0.05) is 13.8 Å². The lowest BCUT2D eigenvalue weighted by Gasteiger charge is -2.29. The van der Waals surface area contributed by atoms with Gasteiger partial charge >= 0.3 is 0 Å². The summed E-state index contributed by atoms with van der Waals surface area (Å²) < 4.78 is 27.6. The highest BCUT2D eigenvalue weighted by Gasteiger charge is 2.28. The number of nitrogens with zero attached hydrogens (tertiary/aromatic N) is 2. The maximum atomic E-state index is 13.0. The molecule has 28 heavy (non-hydrogen) atoms. The Morgan fingerprint density at radius 3 is 2.21 bits per heavy atom. The Hall–Kier alpha value is -1.86. The van der Waals surface area contributed by atoms with Gasteiger partial charge in [-0.25, -0.2) is 8.42 Å². The lowest BCUT2D eigenvalue weighted by Crippen LogP contribution is -2.38. The highest BCUT2D eigenvalue weighted by molar-refractivity contribution is 7.89. The molecule has 7 heteroatoms. The van der Waals surface area contributed by atoms with Gasteiger partial charge in [0, 0.05) is 37.1 Å². The molecule has 152 valence electrons. The van der Waals surface area contributed by atoms with Gasteiger partial charge in [0.15, 0.2) is 0 Å². The molecule has 2 fully saturated rings. The summed E-state index contributed by atoms with van der Waals surface area (Å²) in [7, 11) is -3.49. The van der Waals surface area contributed by atoms with E-state index in [9.17, 15) is 13.2 Å². The summed E-state index contributed by atoms with van der Waals surface area (Å²) in [6.45, 7) is 7.09. The monoisotopic (exact) mass is 403 g/mol. The topological polar surface area (TPSA) is 73.5 Å². The van der Waals surface area contributed by atoms with E-state index in [1.54, 1.807) is 28.6 Å². The van der Waals surface area contributed by atoms with Gasteiger partial charge in [0.1, 0.15) is 5.69 Å². The van der Waals surface area contributed by atoms with Crippen molar-refractivity contribution in [1.29, 1.82) is 0 Å². The molecule has 3 heterocycles. The minimum atomic E-state index is -3.49. The van der Waals surface area contributed by atoms with Gasteiger partial charge in [0.05, 0.1) is 4.90 Å². The summed E-state index contributed by atoms with van der Waals surface area (Å²) in [6, 6.07) is 6.88. The van der Waals surface area contributed by atoms with Crippen molar-refractivity contribution in [3.8, 4) is 0 Å². The molecule has 1 aromatic heterocycles. The van der Waals surface area contributed by atoms with E-state index in [2.05, 4.69) is 18.8 Å². The second-order valence-electron chi connectivity index (χ2n) is 8.49. The number of hydrogen-bond donors (Lipinski definition) is 1. The first kappa shape index (κ1) is 19.5. The smallest absolute Gasteiger partial charge is 0.270 e. The fraction of sp³-hybridized carbons (Fsp3) is 0.571. The predicted molar refractivity (Wildman–Crippen MR) is 110 cm³/mol. The maximum absolute atomic E-state index is 13.0. The number of hydrogen-bond acceptors (Lipinski definition) is 3. The molecule has 4 rings (SSSR count). The number of fused-ring (bicyclic) bond motifs is 1. The SMILES string of the molecule is CC1CCN(C(=O)c2cc3cc(S(=O)(=O)N4CCC(C)CC4)ccc3[nH]2)CC1. The molecule has 1 N–H and O–H groups in total. The van der Waals surface area contributed by atoms with E-state index in [1.165, 1.54) is 0 Å². The van der Waals surface area contributed by atoms with Crippen molar-refractivity contribution in [2.75, 3.05) is 26.2 Å². The Kier molecular flexibility index (Phi) is 5.22. The van der Waals surface area contributed by atoms with Crippen molar-refractivity contribution in [1.82, 2.24) is 14.2 Å². The van der Waals surface area contributed by atoms with E-state index in [0.717, 1.165) is 49.7 Å². The number of sulfonamides is 1. The van der Waals surface area contributed by atoms with Crippen molar-refractivity contribution in [2.45, 2.75) is 44.4 Å². The van der Waals surface area contributed by atoms with E-state index >= 15 is 0 Å². The van der Waals surface area contributed by atoms with E-state index in [0.29, 0.717) is 35.5 Å². The van der Waals surface area contributed by atoms with E-state index in [4.69, 9.17) is 0 Å². The number of amides is 1. The highest BCUT2D eigenvalue weighted by atomic mass is 32.2. The minimum Gasteiger partial charge on any atom is -0.351 e. The summed E-state index contributed by atoms with van der Waals surface area (Å²) >= 11 is 0. The third kappa shape index (κ3) is 3.70. The molecule has 6 nitrogen and oxygen atoms in total. The average molecular weight is 404 g/mol. The molecule has 0 spiro atoms. The number of H-pyrrole nitrogens is 1. The fourth-order valence-electron chi connectivity index (χ4n) is 4.14. The van der Waals surface area contributed by atoms with Crippen LogP contribution in [0.3, 0.4) is 0 Å². The second-order valence-corrected chi connectivity index (χ2v) is 10.4. The molecule has 0 saturated carbocycles. The third-order valence-corrected chi connectivity index (χ3v) is 8.17. The van der Waals surface area contributed by atoms with Crippen LogP contribution in [0.4, 0.5) is 0 Å². The Morgan fingerprint density at radius 1 is 0.964 bits per heavy atom. The lowest BCUT2D eigenvalue weighted by atomic mass is 9.99. The van der Waals surface area contributed by atoms with Crippen molar-refractivity contribution in [2.24, 2.45) is 11.8 Å². The van der Waals surface area contributed by atoms with Gasteiger partial charge in [0.25, 0.3) is 5.91 Å². The zero-order chi connectivity index (χ0) is 19.9. The van der Waals surface area contributed by atoms with E-state index < -0.39 is 10.0 Å². The van der Waals surface area contributed by atoms with Gasteiger partial charge in [-0.15, -0.1) is 0 Å². The standard InChI is InChI=1S/C21H29N3O3S/c1-15-5-9-23(10-6-15)21(25)20-14-17-13-18(3-4-19(17)22-20)28(26,27)24-11-7-16(2)8-12-24/h3-4,13-16,22H,5-12H2,1-2H3. The first-order valence-corrected chi connectivity index (χ1v) is 11.7. The van der Waals surface area contributed by atoms with Crippen LogP contribution in [0.5, 0.6) is 0 Å². The molecule has 2 aromatic rings. The molecule has 1 amide bonds. The number of rotatable bonds is 3. The molecular weight excluding hydrogens is 374 g/mol. The highest BCUT2D eigenvalue weighted by Crippen LogP contribution is 2.27. The quantitative estimate of drug-likeness (QED) is 0.853. The number of nitrogens with one attached hydrogen (secondary N) is 1. The molecule has 0 bridgehead atoms. The van der Waals surface area contributed by atoms with Crippen LogP contribution in [0.1, 0.15) is 50.0 Å². The maximum Gasteiger partial charge on any atom is 0.270 e. The van der Waals surface area contributed by atoms with Gasteiger partial charge < -0.3 is 9.88 Å². The number of aromatic amines is 1. The first-order valence-electron chi connectivity index (χ1n) is 10.3. The van der Waals surface area contributed by atoms with Crippen molar-refractivity contribution >= 4 is 26.8 Å². The summed E-state index contributed by atoms with van der Waals surface area (Å²) in [6.07, 6.45) is 3.86. The molecule has 0 unspecified atom stereocenters. The first-order chi connectivity index (χ1) is 13.3. The van der Waals surface area contributed by atoms with Crippen LogP contribution in [0.2, 0.25) is 0 Å². The zero-order valence-electron chi connectivity index (χ0n) is 16.6. The van der Waals surface area contributed by atoms with Gasteiger partial charge in [0.2, 0.25) is 10.0 Å². The zero-order valence-corrected chi connectivity index (χ0v) is 17.5. The van der Waals surface area contributed by atoms with Crippen molar-refractivity contribution in [3.05, 3.63) is 30.0 Å². The van der Waals surface area contributed by atoms with E-state index in [-0.39, 0.29) is 5.91 Å². The van der Waals surface area contributed by atoms with Gasteiger partial charge in [-0.3, -0.25) is 4.79 Å². The van der Waals surface area contributed by atoms with E-state index in [1.807, 2.05) is 4.90 Å². The lowest BCUT2D eigenvalue weighted by molar-refractivity contribution is 0.0692. The van der Waals surface area contributed by atoms with Crippen LogP contribution < -0.4 is 0 Å². The number of benzene rings is 1. The van der Waals surface area contributed by atoms with Crippen LogP contribution in [0, 0.1) is 11.8 Å². The second kappa shape index (κ2) is 7.52. The number of carbonyl (C=O) groups excluding carboxylic acids is 1. The molecule has 2 saturated heterocycles. The number of piperidine rings is 2. The Morgan fingerprint density at radius 2 is 1.57 bits per heavy atom. The average Bonchev–Trinajstić information content (AvgIpc) is 3.12. The van der Waals surface area contributed by atoms with Crippen molar-refractivity contribution in [3.63, 3.8) is 0 Å². The predicted octanol–water partition coefficient (Wildman–Crippen LogP) is 3.46.